The van der Waals surface area contributed by atoms with Gasteiger partial charge in [0.05, 0.1) is 24.8 Å². The fourth-order valence-corrected chi connectivity index (χ4v) is 3.49. The zero-order valence-corrected chi connectivity index (χ0v) is 13.2. The third-order valence-electron chi connectivity index (χ3n) is 2.35. The average molecular weight is 336 g/mol. The zero-order valence-electron chi connectivity index (χ0n) is 11.5. The minimum absolute atomic E-state index is 0.132. The standard InChI is InChI=1S/C11H16N2O6S2/c1-3-19-9(14)4-5-21(17,18)13-7(2)10-12-8(6-20-10)11(15)16/h6-7,13H,3-5H2,1-2H3,(H,15,16). The van der Waals surface area contributed by atoms with Crippen molar-refractivity contribution in [3.63, 3.8) is 0 Å². The number of carboxylic acid groups (broad SMARTS) is 1. The normalized spacial score (nSPS) is 12.9. The van der Waals surface area contributed by atoms with Gasteiger partial charge >= 0.3 is 11.9 Å². The molecule has 0 spiro atoms. The molecule has 1 aromatic rings. The van der Waals surface area contributed by atoms with Crippen LogP contribution in [0.5, 0.6) is 0 Å². The molecule has 8 nitrogen and oxygen atoms in total. The summed E-state index contributed by atoms with van der Waals surface area (Å²) < 4.78 is 30.6. The minimum Gasteiger partial charge on any atom is -0.476 e. The Balaban J connectivity index is 2.61. The molecule has 1 rings (SSSR count). The maximum absolute atomic E-state index is 11.8. The first-order chi connectivity index (χ1) is 9.75. The first-order valence-corrected chi connectivity index (χ1v) is 8.62. The molecule has 0 bridgehead atoms. The molecule has 0 amide bonds. The lowest BCUT2D eigenvalue weighted by Crippen LogP contribution is -2.30. The molecule has 0 aliphatic heterocycles. The van der Waals surface area contributed by atoms with Gasteiger partial charge in [-0.3, -0.25) is 4.79 Å². The Morgan fingerprint density at radius 3 is 2.71 bits per heavy atom. The van der Waals surface area contributed by atoms with Crippen molar-refractivity contribution in [2.45, 2.75) is 26.3 Å². The number of sulfonamides is 1. The molecule has 1 heterocycles. The van der Waals surface area contributed by atoms with E-state index in [2.05, 4.69) is 14.4 Å². The smallest absolute Gasteiger partial charge is 0.355 e. The quantitative estimate of drug-likeness (QED) is 0.672. The Kier molecular flexibility index (Phi) is 6.24. The Morgan fingerprint density at radius 1 is 1.52 bits per heavy atom. The highest BCUT2D eigenvalue weighted by molar-refractivity contribution is 7.89. The molecule has 2 N–H and O–H groups in total. The number of carbonyl (C=O) groups excluding carboxylic acids is 1. The Bertz CT molecular complexity index is 610. The summed E-state index contributed by atoms with van der Waals surface area (Å²) in [6.45, 7) is 3.38. The molecule has 0 aliphatic carbocycles. The lowest BCUT2D eigenvalue weighted by molar-refractivity contribution is -0.142. The summed E-state index contributed by atoms with van der Waals surface area (Å²) in [6.07, 6.45) is -0.242. The molecule has 10 heteroatoms. The van der Waals surface area contributed by atoms with Gasteiger partial charge in [-0.05, 0) is 13.8 Å². The van der Waals surface area contributed by atoms with Gasteiger partial charge in [0, 0.05) is 5.38 Å². The van der Waals surface area contributed by atoms with Gasteiger partial charge in [-0.1, -0.05) is 0 Å². The fourth-order valence-electron chi connectivity index (χ4n) is 1.41. The van der Waals surface area contributed by atoms with E-state index in [0.717, 1.165) is 11.3 Å². The molecule has 21 heavy (non-hydrogen) atoms. The molecule has 0 aromatic carbocycles. The van der Waals surface area contributed by atoms with E-state index < -0.39 is 33.8 Å². The molecule has 0 radical (unpaired) electrons. The second-order valence-corrected chi connectivity index (χ2v) is 6.85. The predicted octanol–water partition coefficient (Wildman–Crippen LogP) is 0.775. The van der Waals surface area contributed by atoms with Gasteiger partial charge in [0.1, 0.15) is 5.01 Å². The van der Waals surface area contributed by atoms with E-state index in [9.17, 15) is 18.0 Å². The van der Waals surface area contributed by atoms with Gasteiger partial charge in [-0.2, -0.15) is 0 Å². The van der Waals surface area contributed by atoms with Crippen LogP contribution < -0.4 is 4.72 Å². The molecule has 0 saturated carbocycles. The third kappa shape index (κ3) is 5.78. The summed E-state index contributed by atoms with van der Waals surface area (Å²) in [5.74, 6) is -2.15. The molecular formula is C11H16N2O6S2. The number of nitrogens with one attached hydrogen (secondary N) is 1. The van der Waals surface area contributed by atoms with Crippen molar-refractivity contribution in [2.24, 2.45) is 0 Å². The van der Waals surface area contributed by atoms with Gasteiger partial charge in [-0.15, -0.1) is 11.3 Å². The Labute approximate surface area is 126 Å². The van der Waals surface area contributed by atoms with E-state index >= 15 is 0 Å². The lowest BCUT2D eigenvalue weighted by Gasteiger charge is -2.11. The van der Waals surface area contributed by atoms with E-state index in [1.807, 2.05) is 0 Å². The first-order valence-electron chi connectivity index (χ1n) is 6.09. The van der Waals surface area contributed by atoms with E-state index in [1.54, 1.807) is 13.8 Å². The maximum atomic E-state index is 11.8. The van der Waals surface area contributed by atoms with Gasteiger partial charge in [0.15, 0.2) is 5.69 Å². The molecular weight excluding hydrogens is 320 g/mol. The van der Waals surface area contributed by atoms with E-state index in [4.69, 9.17) is 5.11 Å². The monoisotopic (exact) mass is 336 g/mol. The summed E-state index contributed by atoms with van der Waals surface area (Å²) in [5, 5.41) is 10.4. The van der Waals surface area contributed by atoms with Crippen LogP contribution in [-0.2, 0) is 19.6 Å². The number of ether oxygens (including phenoxy) is 1. The van der Waals surface area contributed by atoms with Crippen LogP contribution in [0.3, 0.4) is 0 Å². The molecule has 118 valence electrons. The number of carbonyl (C=O) groups is 2. The van der Waals surface area contributed by atoms with Crippen LogP contribution in [-0.4, -0.2) is 42.8 Å². The van der Waals surface area contributed by atoms with Crippen molar-refractivity contribution in [3.8, 4) is 0 Å². The summed E-state index contributed by atoms with van der Waals surface area (Å²) in [6, 6.07) is -0.671. The number of aromatic nitrogens is 1. The molecule has 1 unspecified atom stereocenters. The molecule has 0 saturated heterocycles. The van der Waals surface area contributed by atoms with Crippen LogP contribution >= 0.6 is 11.3 Å². The molecule has 1 aromatic heterocycles. The number of carboxylic acids is 1. The van der Waals surface area contributed by atoms with Crippen molar-refractivity contribution in [1.29, 1.82) is 0 Å². The fraction of sp³-hybridized carbons (Fsp3) is 0.545. The number of nitrogens with zero attached hydrogens (tertiary/aromatic N) is 1. The number of esters is 1. The second-order valence-electron chi connectivity index (χ2n) is 4.09. The van der Waals surface area contributed by atoms with Crippen LogP contribution in [0.25, 0.3) is 0 Å². The zero-order chi connectivity index (χ0) is 16.0. The van der Waals surface area contributed by atoms with E-state index in [1.165, 1.54) is 5.38 Å². The van der Waals surface area contributed by atoms with E-state index in [0.29, 0.717) is 5.01 Å². The van der Waals surface area contributed by atoms with Gasteiger partial charge in [0.25, 0.3) is 0 Å². The van der Waals surface area contributed by atoms with E-state index in [-0.39, 0.29) is 18.7 Å². The second kappa shape index (κ2) is 7.48. The Hall–Kier alpha value is -1.52. The van der Waals surface area contributed by atoms with Crippen molar-refractivity contribution in [1.82, 2.24) is 9.71 Å². The van der Waals surface area contributed by atoms with Crippen LogP contribution in [0, 0.1) is 0 Å². The maximum Gasteiger partial charge on any atom is 0.355 e. The topological polar surface area (TPSA) is 123 Å². The summed E-state index contributed by atoms with van der Waals surface area (Å²) >= 11 is 1.05. The summed E-state index contributed by atoms with van der Waals surface area (Å²) in [5.41, 5.74) is -0.132. The number of aromatic carboxylic acids is 1. The average Bonchev–Trinajstić information content (AvgIpc) is 2.86. The summed E-state index contributed by atoms with van der Waals surface area (Å²) in [4.78, 5) is 25.7. The first kappa shape index (κ1) is 17.5. The Morgan fingerprint density at radius 2 is 2.19 bits per heavy atom. The highest BCUT2D eigenvalue weighted by Gasteiger charge is 2.20. The third-order valence-corrected chi connectivity index (χ3v) is 4.83. The summed E-state index contributed by atoms with van der Waals surface area (Å²) in [7, 11) is -3.68. The number of rotatable bonds is 8. The SMILES string of the molecule is CCOC(=O)CCS(=O)(=O)NC(C)c1nc(C(=O)O)cs1. The number of thiazole rings is 1. The van der Waals surface area contributed by atoms with Crippen LogP contribution in [0.1, 0.15) is 41.8 Å². The highest BCUT2D eigenvalue weighted by atomic mass is 32.2. The number of hydrogen-bond acceptors (Lipinski definition) is 7. The van der Waals surface area contributed by atoms with Crippen molar-refractivity contribution >= 4 is 33.3 Å². The van der Waals surface area contributed by atoms with Crippen LogP contribution in [0.2, 0.25) is 0 Å². The molecule has 0 aliphatic rings. The van der Waals surface area contributed by atoms with Gasteiger partial charge in [-0.25, -0.2) is 22.9 Å². The predicted molar refractivity (Wildman–Crippen MR) is 75.7 cm³/mol. The molecule has 1 atom stereocenters. The number of hydrogen-bond donors (Lipinski definition) is 2. The largest absolute Gasteiger partial charge is 0.476 e. The lowest BCUT2D eigenvalue weighted by atomic mass is 10.4. The minimum atomic E-state index is -3.68. The van der Waals surface area contributed by atoms with Crippen LogP contribution in [0.4, 0.5) is 0 Å². The highest BCUT2D eigenvalue weighted by Crippen LogP contribution is 2.18. The van der Waals surface area contributed by atoms with Crippen molar-refractivity contribution < 1.29 is 27.9 Å². The van der Waals surface area contributed by atoms with Crippen molar-refractivity contribution in [2.75, 3.05) is 12.4 Å². The van der Waals surface area contributed by atoms with Gasteiger partial charge < -0.3 is 9.84 Å². The van der Waals surface area contributed by atoms with Gasteiger partial charge in [0.2, 0.25) is 10.0 Å². The van der Waals surface area contributed by atoms with Crippen molar-refractivity contribution in [3.05, 3.63) is 16.1 Å². The molecule has 0 fully saturated rings. The van der Waals surface area contributed by atoms with Crippen LogP contribution in [0.15, 0.2) is 5.38 Å².